The molecule has 1 aromatic rings. The van der Waals surface area contributed by atoms with E-state index in [4.69, 9.17) is 0 Å². The molecular formula is C14H23N5O2S. The first-order valence-corrected chi connectivity index (χ1v) is 9.11. The number of nitrogens with zero attached hydrogens (tertiary/aromatic N) is 4. The number of likely N-dealkylation sites (N-methyl/N-ethyl adjacent to an activating group) is 1. The Balaban J connectivity index is 1.90. The predicted molar refractivity (Wildman–Crippen MR) is 85.6 cm³/mol. The standard InChI is InChI=1S/C14H23N5O2S/c1-17-8-10-19(11-9-17)22(20,21)14-12-16-3-2-13(14)18-6-4-15-5-7-18/h2-3,12,15H,4-11H2,1H3. The summed E-state index contributed by atoms with van der Waals surface area (Å²) in [7, 11) is -1.47. The first-order chi connectivity index (χ1) is 10.6. The fourth-order valence-corrected chi connectivity index (χ4v) is 4.48. The Labute approximate surface area is 132 Å². The average molecular weight is 325 g/mol. The minimum atomic E-state index is -3.48. The number of rotatable bonds is 3. The van der Waals surface area contributed by atoms with Gasteiger partial charge in [-0.25, -0.2) is 8.42 Å². The van der Waals surface area contributed by atoms with Crippen LogP contribution in [0.4, 0.5) is 5.69 Å². The van der Waals surface area contributed by atoms with Crippen LogP contribution >= 0.6 is 0 Å². The second-order valence-corrected chi connectivity index (χ2v) is 7.69. The third-order valence-electron chi connectivity index (χ3n) is 4.30. The molecular weight excluding hydrogens is 302 g/mol. The van der Waals surface area contributed by atoms with Gasteiger partial charge in [-0.2, -0.15) is 4.31 Å². The third-order valence-corrected chi connectivity index (χ3v) is 6.22. The van der Waals surface area contributed by atoms with Crippen LogP contribution in [0.15, 0.2) is 23.4 Å². The van der Waals surface area contributed by atoms with E-state index in [-0.39, 0.29) is 0 Å². The molecule has 7 nitrogen and oxygen atoms in total. The zero-order valence-electron chi connectivity index (χ0n) is 12.9. The molecule has 8 heteroatoms. The van der Waals surface area contributed by atoms with Gasteiger partial charge in [0.2, 0.25) is 10.0 Å². The van der Waals surface area contributed by atoms with Crippen molar-refractivity contribution < 1.29 is 8.42 Å². The molecule has 0 saturated carbocycles. The van der Waals surface area contributed by atoms with Gasteiger partial charge in [0.05, 0.1) is 5.69 Å². The van der Waals surface area contributed by atoms with Crippen molar-refractivity contribution in [1.82, 2.24) is 19.5 Å². The van der Waals surface area contributed by atoms with E-state index in [9.17, 15) is 8.42 Å². The van der Waals surface area contributed by atoms with Crippen molar-refractivity contribution in [3.8, 4) is 0 Å². The first kappa shape index (κ1) is 15.7. The third kappa shape index (κ3) is 3.10. The molecule has 0 atom stereocenters. The quantitative estimate of drug-likeness (QED) is 0.802. The van der Waals surface area contributed by atoms with Crippen molar-refractivity contribution in [3.05, 3.63) is 18.5 Å². The number of pyridine rings is 1. The number of hydrogen-bond acceptors (Lipinski definition) is 6. The Morgan fingerprint density at radius 1 is 1.09 bits per heavy atom. The summed E-state index contributed by atoms with van der Waals surface area (Å²) in [6.07, 6.45) is 3.16. The summed E-state index contributed by atoms with van der Waals surface area (Å²) >= 11 is 0. The summed E-state index contributed by atoms with van der Waals surface area (Å²) < 4.78 is 27.5. The van der Waals surface area contributed by atoms with E-state index in [2.05, 4.69) is 20.1 Å². The van der Waals surface area contributed by atoms with Crippen molar-refractivity contribution in [2.75, 3.05) is 64.3 Å². The molecule has 2 fully saturated rings. The van der Waals surface area contributed by atoms with Gasteiger partial charge in [-0.1, -0.05) is 0 Å². The summed E-state index contributed by atoms with van der Waals surface area (Å²) in [4.78, 5) is 8.66. The fourth-order valence-electron chi connectivity index (χ4n) is 2.91. The molecule has 3 heterocycles. The molecule has 0 spiro atoms. The number of anilines is 1. The van der Waals surface area contributed by atoms with Gasteiger partial charge >= 0.3 is 0 Å². The van der Waals surface area contributed by atoms with Crippen molar-refractivity contribution in [1.29, 1.82) is 0 Å². The van der Waals surface area contributed by atoms with Gasteiger partial charge in [-0.3, -0.25) is 4.98 Å². The van der Waals surface area contributed by atoms with Crippen LogP contribution in [-0.4, -0.2) is 82.0 Å². The molecule has 122 valence electrons. The van der Waals surface area contributed by atoms with Crippen molar-refractivity contribution in [3.63, 3.8) is 0 Å². The maximum atomic E-state index is 13.0. The second kappa shape index (κ2) is 6.49. The zero-order chi connectivity index (χ0) is 15.6. The Morgan fingerprint density at radius 2 is 1.77 bits per heavy atom. The van der Waals surface area contributed by atoms with E-state index in [1.165, 1.54) is 6.20 Å². The molecule has 0 unspecified atom stereocenters. The van der Waals surface area contributed by atoms with Crippen molar-refractivity contribution in [2.24, 2.45) is 0 Å². The maximum Gasteiger partial charge on any atom is 0.246 e. The Bertz CT molecular complexity index is 607. The highest BCUT2D eigenvalue weighted by atomic mass is 32.2. The highest BCUT2D eigenvalue weighted by Gasteiger charge is 2.31. The van der Waals surface area contributed by atoms with Crippen LogP contribution in [0.25, 0.3) is 0 Å². The van der Waals surface area contributed by atoms with Crippen LogP contribution in [0, 0.1) is 0 Å². The van der Waals surface area contributed by atoms with E-state index in [0.29, 0.717) is 18.0 Å². The van der Waals surface area contributed by atoms with E-state index in [1.807, 2.05) is 13.1 Å². The van der Waals surface area contributed by atoms with Gasteiger partial charge in [0.15, 0.2) is 0 Å². The van der Waals surface area contributed by atoms with E-state index in [1.54, 1.807) is 10.5 Å². The van der Waals surface area contributed by atoms with Gasteiger partial charge in [-0.05, 0) is 13.1 Å². The van der Waals surface area contributed by atoms with Gasteiger partial charge in [0.25, 0.3) is 0 Å². The second-order valence-electron chi connectivity index (χ2n) is 5.79. The summed E-state index contributed by atoms with van der Waals surface area (Å²) in [5, 5.41) is 3.29. The molecule has 2 aliphatic rings. The molecule has 2 saturated heterocycles. The lowest BCUT2D eigenvalue weighted by atomic mass is 10.3. The topological polar surface area (TPSA) is 68.8 Å². The lowest BCUT2D eigenvalue weighted by Crippen LogP contribution is -2.48. The van der Waals surface area contributed by atoms with E-state index in [0.717, 1.165) is 45.0 Å². The molecule has 0 bridgehead atoms. The summed E-state index contributed by atoms with van der Waals surface area (Å²) in [5.41, 5.74) is 0.774. The van der Waals surface area contributed by atoms with Crippen molar-refractivity contribution in [2.45, 2.75) is 4.90 Å². The zero-order valence-corrected chi connectivity index (χ0v) is 13.7. The smallest absolute Gasteiger partial charge is 0.246 e. The average Bonchev–Trinajstić information content (AvgIpc) is 2.56. The van der Waals surface area contributed by atoms with Crippen LogP contribution in [0.5, 0.6) is 0 Å². The summed E-state index contributed by atoms with van der Waals surface area (Å²) in [6, 6.07) is 1.81. The van der Waals surface area contributed by atoms with Gasteiger partial charge in [0.1, 0.15) is 4.90 Å². The Hall–Kier alpha value is -1.22. The SMILES string of the molecule is CN1CCN(S(=O)(=O)c2cnccc2N2CCNCC2)CC1. The van der Waals surface area contributed by atoms with Gasteiger partial charge in [0, 0.05) is 64.8 Å². The molecule has 2 aliphatic heterocycles. The van der Waals surface area contributed by atoms with Gasteiger partial charge in [-0.15, -0.1) is 0 Å². The highest BCUT2D eigenvalue weighted by molar-refractivity contribution is 7.89. The largest absolute Gasteiger partial charge is 0.368 e. The minimum absolute atomic E-state index is 0.335. The fraction of sp³-hybridized carbons (Fsp3) is 0.643. The summed E-state index contributed by atoms with van der Waals surface area (Å²) in [5.74, 6) is 0. The maximum absolute atomic E-state index is 13.0. The van der Waals surface area contributed by atoms with Crippen molar-refractivity contribution >= 4 is 15.7 Å². The van der Waals surface area contributed by atoms with Crippen LogP contribution in [0.2, 0.25) is 0 Å². The van der Waals surface area contributed by atoms with Crippen LogP contribution < -0.4 is 10.2 Å². The molecule has 0 radical (unpaired) electrons. The van der Waals surface area contributed by atoms with E-state index >= 15 is 0 Å². The summed E-state index contributed by atoms with van der Waals surface area (Å²) in [6.45, 7) is 5.98. The number of piperazine rings is 2. The Kier molecular flexibility index (Phi) is 4.62. The molecule has 1 aromatic heterocycles. The normalized spacial score (nSPS) is 22.0. The number of hydrogen-bond donors (Lipinski definition) is 1. The first-order valence-electron chi connectivity index (χ1n) is 7.67. The van der Waals surface area contributed by atoms with Crippen LogP contribution in [0.1, 0.15) is 0 Å². The lowest BCUT2D eigenvalue weighted by Gasteiger charge is -2.34. The molecule has 1 N–H and O–H groups in total. The molecule has 3 rings (SSSR count). The number of sulfonamides is 1. The molecule has 0 aromatic carbocycles. The lowest BCUT2D eigenvalue weighted by molar-refractivity contribution is 0.222. The number of aromatic nitrogens is 1. The molecule has 0 aliphatic carbocycles. The minimum Gasteiger partial charge on any atom is -0.368 e. The number of nitrogens with one attached hydrogen (secondary N) is 1. The molecule has 0 amide bonds. The predicted octanol–water partition coefficient (Wildman–Crippen LogP) is -0.573. The van der Waals surface area contributed by atoms with E-state index < -0.39 is 10.0 Å². The van der Waals surface area contributed by atoms with Crippen LogP contribution in [0.3, 0.4) is 0 Å². The van der Waals surface area contributed by atoms with Crippen LogP contribution in [-0.2, 0) is 10.0 Å². The monoisotopic (exact) mass is 325 g/mol. The highest BCUT2D eigenvalue weighted by Crippen LogP contribution is 2.27. The molecule has 22 heavy (non-hydrogen) atoms. The Morgan fingerprint density at radius 3 is 2.45 bits per heavy atom. The van der Waals surface area contributed by atoms with Gasteiger partial charge < -0.3 is 15.1 Å².